The van der Waals surface area contributed by atoms with Crippen molar-refractivity contribution in [3.05, 3.63) is 82.9 Å². The van der Waals surface area contributed by atoms with E-state index in [1.807, 2.05) is 24.3 Å². The van der Waals surface area contributed by atoms with Crippen LogP contribution >= 0.6 is 0 Å². The first-order chi connectivity index (χ1) is 18.5. The van der Waals surface area contributed by atoms with Crippen molar-refractivity contribution in [2.75, 3.05) is 33.2 Å². The molecule has 2 aliphatic rings. The van der Waals surface area contributed by atoms with Gasteiger partial charge in [-0.15, -0.1) is 0 Å². The van der Waals surface area contributed by atoms with Crippen molar-refractivity contribution < 1.29 is 40.9 Å². The van der Waals surface area contributed by atoms with E-state index < -0.39 is 27.6 Å². The lowest BCUT2D eigenvalue weighted by atomic mass is 9.95. The van der Waals surface area contributed by atoms with E-state index in [4.69, 9.17) is 18.9 Å². The van der Waals surface area contributed by atoms with Crippen molar-refractivity contribution in [1.82, 2.24) is 4.72 Å². The van der Waals surface area contributed by atoms with Crippen LogP contribution in [-0.4, -0.2) is 53.4 Å². The third-order valence-corrected chi connectivity index (χ3v) is 6.64. The Morgan fingerprint density at radius 1 is 1.13 bits per heavy atom. The fourth-order valence-corrected chi connectivity index (χ4v) is 4.36. The Balaban J connectivity index is 1.51. The number of amides is 1. The third-order valence-electron chi connectivity index (χ3n) is 6.09. The van der Waals surface area contributed by atoms with Gasteiger partial charge in [-0.2, -0.15) is 0 Å². The average Bonchev–Trinajstić information content (AvgIpc) is 3.70. The molecule has 1 N–H and O–H groups in total. The molecule has 1 fully saturated rings. The molecule has 1 saturated carbocycles. The Hall–Kier alpha value is -3.28. The number of alkyl halides is 1. The molecule has 11 heteroatoms. The number of hydrogen-bond donors (Lipinski definition) is 1. The van der Waals surface area contributed by atoms with Crippen LogP contribution in [0, 0.1) is 11.7 Å². The van der Waals surface area contributed by atoms with E-state index in [-0.39, 0.29) is 43.1 Å². The number of nitrogens with one attached hydrogen (secondary N) is 1. The fourth-order valence-electron chi connectivity index (χ4n) is 3.90. The van der Waals surface area contributed by atoms with E-state index in [9.17, 15) is 17.6 Å². The standard InChI is InChI=1S/C28H31F2NO7S/c1-35-10-11-38-28(30)15-23(20-4-3-5-24(12-20)36-17-19-6-7-19)13-25(16-28)37-18-22-9-8-21(14-26(22)29)27(32)31-39(2,33)34/h3-5,8-9,12-15,19H,6-7,10-11,16-18H2,1-2H3,(H,31,32). The van der Waals surface area contributed by atoms with Crippen LogP contribution in [-0.2, 0) is 30.8 Å². The summed E-state index contributed by atoms with van der Waals surface area (Å²) in [5.74, 6) is -2.42. The number of allylic oxidation sites excluding steroid dienone is 2. The maximum absolute atomic E-state index is 15.9. The highest BCUT2D eigenvalue weighted by atomic mass is 32.2. The number of methoxy groups -OCH3 is 1. The van der Waals surface area contributed by atoms with E-state index >= 15 is 4.39 Å². The zero-order chi connectivity index (χ0) is 28.0. The molecular weight excluding hydrogens is 532 g/mol. The van der Waals surface area contributed by atoms with Crippen molar-refractivity contribution in [3.63, 3.8) is 0 Å². The van der Waals surface area contributed by atoms with Gasteiger partial charge in [0.25, 0.3) is 5.91 Å². The van der Waals surface area contributed by atoms with E-state index in [1.165, 1.54) is 25.3 Å². The summed E-state index contributed by atoms with van der Waals surface area (Å²) in [7, 11) is -2.31. The predicted molar refractivity (Wildman–Crippen MR) is 141 cm³/mol. The summed E-state index contributed by atoms with van der Waals surface area (Å²) in [6, 6.07) is 10.8. The summed E-state index contributed by atoms with van der Waals surface area (Å²) in [5, 5.41) is 0. The summed E-state index contributed by atoms with van der Waals surface area (Å²) < 4.78 is 77.0. The Labute approximate surface area is 226 Å². The number of carbonyl (C=O) groups is 1. The summed E-state index contributed by atoms with van der Waals surface area (Å²) in [4.78, 5) is 12.0. The van der Waals surface area contributed by atoms with E-state index in [0.29, 0.717) is 29.4 Å². The number of benzene rings is 2. The fraction of sp³-hybridized carbons (Fsp3) is 0.393. The number of ether oxygens (including phenoxy) is 4. The molecule has 4 rings (SSSR count). The molecule has 0 heterocycles. The molecule has 8 nitrogen and oxygen atoms in total. The van der Waals surface area contributed by atoms with E-state index in [2.05, 4.69) is 0 Å². The van der Waals surface area contributed by atoms with Crippen molar-refractivity contribution >= 4 is 21.5 Å². The average molecular weight is 564 g/mol. The largest absolute Gasteiger partial charge is 0.493 e. The molecule has 210 valence electrons. The lowest BCUT2D eigenvalue weighted by Gasteiger charge is -2.28. The predicted octanol–water partition coefficient (Wildman–Crippen LogP) is 4.52. The second kappa shape index (κ2) is 12.3. The first kappa shape index (κ1) is 28.7. The quantitative estimate of drug-likeness (QED) is 0.358. The number of rotatable bonds is 13. The summed E-state index contributed by atoms with van der Waals surface area (Å²) in [5.41, 5.74) is 1.15. The minimum atomic E-state index is -3.80. The highest BCUT2D eigenvalue weighted by Crippen LogP contribution is 2.37. The minimum absolute atomic E-state index is 0.0141. The van der Waals surface area contributed by atoms with Gasteiger partial charge >= 0.3 is 0 Å². The molecule has 0 aromatic heterocycles. The van der Waals surface area contributed by atoms with Crippen molar-refractivity contribution in [3.8, 4) is 5.75 Å². The highest BCUT2D eigenvalue weighted by molar-refractivity contribution is 7.89. The van der Waals surface area contributed by atoms with Crippen LogP contribution < -0.4 is 9.46 Å². The van der Waals surface area contributed by atoms with Gasteiger partial charge in [-0.25, -0.2) is 21.9 Å². The molecule has 0 radical (unpaired) electrons. The zero-order valence-corrected chi connectivity index (χ0v) is 22.6. The summed E-state index contributed by atoms with van der Waals surface area (Å²) in [6.45, 7) is 0.599. The van der Waals surface area contributed by atoms with Gasteiger partial charge in [0.1, 0.15) is 23.9 Å². The Morgan fingerprint density at radius 3 is 2.62 bits per heavy atom. The molecule has 1 unspecified atom stereocenters. The summed E-state index contributed by atoms with van der Waals surface area (Å²) >= 11 is 0. The molecule has 0 bridgehead atoms. The van der Waals surface area contributed by atoms with Gasteiger partial charge in [0.15, 0.2) is 0 Å². The maximum atomic E-state index is 15.9. The van der Waals surface area contributed by atoms with Gasteiger partial charge in [-0.1, -0.05) is 18.2 Å². The van der Waals surface area contributed by atoms with Crippen LogP contribution in [0.3, 0.4) is 0 Å². The van der Waals surface area contributed by atoms with E-state index in [0.717, 1.165) is 25.2 Å². The second-order valence-electron chi connectivity index (χ2n) is 9.59. The van der Waals surface area contributed by atoms with Gasteiger partial charge in [0.05, 0.1) is 32.5 Å². The SMILES string of the molecule is COCCOC1(F)C=C(c2cccc(OCC3CC3)c2)C=C(OCc2ccc(C(=O)NS(C)(=O)=O)cc2F)C1. The topological polar surface area (TPSA) is 100 Å². The lowest BCUT2D eigenvalue weighted by molar-refractivity contribution is -0.123. The van der Waals surface area contributed by atoms with Gasteiger partial charge in [-0.3, -0.25) is 4.79 Å². The lowest BCUT2D eigenvalue weighted by Crippen LogP contribution is -2.30. The second-order valence-corrected chi connectivity index (χ2v) is 11.3. The monoisotopic (exact) mass is 563 g/mol. The zero-order valence-electron chi connectivity index (χ0n) is 21.7. The molecule has 0 spiro atoms. The number of sulfonamides is 1. The minimum Gasteiger partial charge on any atom is -0.493 e. The van der Waals surface area contributed by atoms with Gasteiger partial charge in [-0.05, 0) is 66.3 Å². The van der Waals surface area contributed by atoms with Crippen molar-refractivity contribution in [1.29, 1.82) is 0 Å². The number of carbonyl (C=O) groups excluding carboxylic acids is 1. The molecule has 2 aromatic rings. The third kappa shape index (κ3) is 8.61. The first-order valence-corrected chi connectivity index (χ1v) is 14.3. The van der Waals surface area contributed by atoms with Crippen LogP contribution in [0.25, 0.3) is 5.57 Å². The van der Waals surface area contributed by atoms with Crippen LogP contribution in [0.5, 0.6) is 5.75 Å². The smallest absolute Gasteiger partial charge is 0.264 e. The highest BCUT2D eigenvalue weighted by Gasteiger charge is 2.34. The number of hydrogen-bond acceptors (Lipinski definition) is 7. The Kier molecular flexibility index (Phi) is 9.04. The van der Waals surface area contributed by atoms with Crippen molar-refractivity contribution in [2.45, 2.75) is 31.7 Å². The molecule has 0 aliphatic heterocycles. The van der Waals surface area contributed by atoms with Gasteiger partial charge in [0, 0.05) is 18.2 Å². The van der Waals surface area contributed by atoms with Crippen LogP contribution in [0.4, 0.5) is 8.78 Å². The molecule has 1 amide bonds. The van der Waals surface area contributed by atoms with Gasteiger partial charge in [0.2, 0.25) is 15.9 Å². The van der Waals surface area contributed by atoms with E-state index in [1.54, 1.807) is 10.8 Å². The molecule has 0 saturated heterocycles. The first-order valence-electron chi connectivity index (χ1n) is 12.5. The molecule has 1 atom stereocenters. The van der Waals surface area contributed by atoms with Gasteiger partial charge < -0.3 is 18.9 Å². The Bertz CT molecular complexity index is 1370. The molecule has 2 aliphatic carbocycles. The van der Waals surface area contributed by atoms with Crippen molar-refractivity contribution in [2.24, 2.45) is 5.92 Å². The van der Waals surface area contributed by atoms with Crippen LogP contribution in [0.2, 0.25) is 0 Å². The van der Waals surface area contributed by atoms with Crippen LogP contribution in [0.15, 0.2) is 60.4 Å². The maximum Gasteiger partial charge on any atom is 0.264 e. The number of halogens is 2. The molecular formula is C28H31F2NO7S. The molecule has 39 heavy (non-hydrogen) atoms. The Morgan fingerprint density at radius 2 is 1.92 bits per heavy atom. The van der Waals surface area contributed by atoms with Crippen LogP contribution in [0.1, 0.15) is 40.7 Å². The molecule has 2 aromatic carbocycles. The normalized spacial score (nSPS) is 19.2. The summed E-state index contributed by atoms with van der Waals surface area (Å²) in [6.07, 6.45) is 5.96.